The van der Waals surface area contributed by atoms with Crippen LogP contribution in [0.1, 0.15) is 0 Å². The molecule has 0 aromatic heterocycles. The van der Waals surface area contributed by atoms with Gasteiger partial charge in [-0.2, -0.15) is 0 Å². The number of nitrogens with two attached hydrogens (primary N) is 2. The van der Waals surface area contributed by atoms with E-state index < -0.39 is 21.5 Å². The van der Waals surface area contributed by atoms with E-state index in [-0.39, 0.29) is 10.6 Å². The van der Waals surface area contributed by atoms with Crippen molar-refractivity contribution in [1.29, 1.82) is 0 Å². The minimum absolute atomic E-state index is 0.0567. The number of amides is 1. The van der Waals surface area contributed by atoms with Crippen LogP contribution in [0.4, 0.5) is 5.69 Å². The van der Waals surface area contributed by atoms with Gasteiger partial charge in [-0.15, -0.1) is 0 Å². The van der Waals surface area contributed by atoms with E-state index in [0.29, 0.717) is 0 Å². The number of benzene rings is 1. The molecule has 0 fully saturated rings. The SMILES string of the molecule is NC(=O)CS(=O)(=O)c1ccccc1N. The summed E-state index contributed by atoms with van der Waals surface area (Å²) in [5.74, 6) is -1.62. The lowest BCUT2D eigenvalue weighted by molar-refractivity contribution is -0.115. The third-order valence-corrected chi connectivity index (χ3v) is 3.29. The summed E-state index contributed by atoms with van der Waals surface area (Å²) in [5.41, 5.74) is 10.4. The second-order valence-corrected chi connectivity index (χ2v) is 4.72. The Labute approximate surface area is 81.6 Å². The molecule has 0 spiro atoms. The van der Waals surface area contributed by atoms with Gasteiger partial charge in [0.1, 0.15) is 5.75 Å². The number of sulfone groups is 1. The van der Waals surface area contributed by atoms with E-state index in [0.717, 1.165) is 0 Å². The lowest BCUT2D eigenvalue weighted by Gasteiger charge is -2.04. The topological polar surface area (TPSA) is 103 Å². The molecule has 0 saturated heterocycles. The van der Waals surface area contributed by atoms with Crippen LogP contribution >= 0.6 is 0 Å². The monoisotopic (exact) mass is 214 g/mol. The molecule has 5 nitrogen and oxygen atoms in total. The highest BCUT2D eigenvalue weighted by atomic mass is 32.2. The van der Waals surface area contributed by atoms with Gasteiger partial charge >= 0.3 is 0 Å². The van der Waals surface area contributed by atoms with E-state index >= 15 is 0 Å². The van der Waals surface area contributed by atoms with E-state index in [9.17, 15) is 13.2 Å². The predicted molar refractivity (Wildman–Crippen MR) is 52.1 cm³/mol. The first kappa shape index (κ1) is 10.5. The minimum atomic E-state index is -3.69. The summed E-state index contributed by atoms with van der Waals surface area (Å²) in [6, 6.07) is 5.93. The van der Waals surface area contributed by atoms with Gasteiger partial charge in [-0.1, -0.05) is 12.1 Å². The van der Waals surface area contributed by atoms with E-state index in [1.807, 2.05) is 0 Å². The summed E-state index contributed by atoms with van der Waals surface area (Å²) in [4.78, 5) is 10.4. The van der Waals surface area contributed by atoms with Crippen LogP contribution in [0.5, 0.6) is 0 Å². The molecule has 6 heteroatoms. The maximum atomic E-state index is 11.5. The molecule has 0 saturated carbocycles. The van der Waals surface area contributed by atoms with Crippen molar-refractivity contribution in [3.05, 3.63) is 24.3 Å². The number of para-hydroxylation sites is 1. The van der Waals surface area contributed by atoms with Crippen molar-refractivity contribution >= 4 is 21.4 Å². The highest BCUT2D eigenvalue weighted by molar-refractivity contribution is 7.92. The van der Waals surface area contributed by atoms with E-state index in [4.69, 9.17) is 11.5 Å². The van der Waals surface area contributed by atoms with Gasteiger partial charge in [0, 0.05) is 0 Å². The van der Waals surface area contributed by atoms with Crippen molar-refractivity contribution in [2.24, 2.45) is 5.73 Å². The molecule has 0 heterocycles. The van der Waals surface area contributed by atoms with Gasteiger partial charge in [-0.05, 0) is 12.1 Å². The molecular formula is C8H10N2O3S. The molecule has 0 unspecified atom stereocenters. The number of hydrogen-bond acceptors (Lipinski definition) is 4. The second-order valence-electron chi connectivity index (χ2n) is 2.76. The molecule has 1 aromatic carbocycles. The van der Waals surface area contributed by atoms with Gasteiger partial charge in [-0.3, -0.25) is 4.79 Å². The van der Waals surface area contributed by atoms with Crippen molar-refractivity contribution in [3.63, 3.8) is 0 Å². The van der Waals surface area contributed by atoms with Gasteiger partial charge in [0.05, 0.1) is 10.6 Å². The van der Waals surface area contributed by atoms with Gasteiger partial charge in [-0.25, -0.2) is 8.42 Å². The zero-order chi connectivity index (χ0) is 10.8. The number of hydrogen-bond donors (Lipinski definition) is 2. The van der Waals surface area contributed by atoms with E-state index in [1.165, 1.54) is 18.2 Å². The van der Waals surface area contributed by atoms with E-state index in [2.05, 4.69) is 0 Å². The van der Waals surface area contributed by atoms with Crippen molar-refractivity contribution in [1.82, 2.24) is 0 Å². The molecule has 1 rings (SSSR count). The first-order chi connectivity index (χ1) is 6.43. The summed E-state index contributed by atoms with van der Waals surface area (Å²) in [7, 11) is -3.69. The van der Waals surface area contributed by atoms with Gasteiger partial charge in [0.25, 0.3) is 0 Å². The molecule has 0 aliphatic carbocycles. The lowest BCUT2D eigenvalue weighted by Crippen LogP contribution is -2.23. The van der Waals surface area contributed by atoms with Crippen LogP contribution in [0.15, 0.2) is 29.2 Å². The molecule has 0 aliphatic heterocycles. The highest BCUT2D eigenvalue weighted by Gasteiger charge is 2.19. The molecule has 76 valence electrons. The Balaban J connectivity index is 3.17. The fourth-order valence-corrected chi connectivity index (χ4v) is 2.27. The fourth-order valence-electron chi connectivity index (χ4n) is 1.03. The van der Waals surface area contributed by atoms with Crippen LogP contribution in [-0.2, 0) is 14.6 Å². The highest BCUT2D eigenvalue weighted by Crippen LogP contribution is 2.18. The van der Waals surface area contributed by atoms with Crippen LogP contribution in [0.25, 0.3) is 0 Å². The maximum Gasteiger partial charge on any atom is 0.233 e. The smallest absolute Gasteiger partial charge is 0.233 e. The first-order valence-corrected chi connectivity index (χ1v) is 5.44. The molecule has 14 heavy (non-hydrogen) atoms. The van der Waals surface area contributed by atoms with Gasteiger partial charge in [0.2, 0.25) is 5.91 Å². The lowest BCUT2D eigenvalue weighted by atomic mass is 10.3. The molecule has 1 aromatic rings. The standard InChI is InChI=1S/C8H10N2O3S/c9-6-3-1-2-4-7(6)14(12,13)5-8(10)11/h1-4H,5,9H2,(H2,10,11). The van der Waals surface area contributed by atoms with Crippen molar-refractivity contribution in [2.45, 2.75) is 4.90 Å². The molecular weight excluding hydrogens is 204 g/mol. The Hall–Kier alpha value is -1.56. The molecule has 4 N–H and O–H groups in total. The van der Waals surface area contributed by atoms with Crippen molar-refractivity contribution < 1.29 is 13.2 Å². The van der Waals surface area contributed by atoms with Crippen LogP contribution < -0.4 is 11.5 Å². The van der Waals surface area contributed by atoms with Gasteiger partial charge < -0.3 is 11.5 Å². The van der Waals surface area contributed by atoms with Crippen LogP contribution in [0.2, 0.25) is 0 Å². The number of carbonyl (C=O) groups is 1. The summed E-state index contributed by atoms with van der Waals surface area (Å²) in [6.07, 6.45) is 0. The number of nitrogen functional groups attached to an aromatic ring is 1. The van der Waals surface area contributed by atoms with Crippen LogP contribution in [-0.4, -0.2) is 20.1 Å². The summed E-state index contributed by atoms with van der Waals surface area (Å²) < 4.78 is 23.0. The third kappa shape index (κ3) is 2.23. The quantitative estimate of drug-likeness (QED) is 0.663. The molecule has 0 bridgehead atoms. The third-order valence-electron chi connectivity index (χ3n) is 1.59. The summed E-state index contributed by atoms with van der Waals surface area (Å²) in [5, 5.41) is 0. The first-order valence-electron chi connectivity index (χ1n) is 3.79. The number of rotatable bonds is 3. The molecule has 1 amide bonds. The number of carbonyl (C=O) groups excluding carboxylic acids is 1. The summed E-state index contributed by atoms with van der Waals surface area (Å²) in [6.45, 7) is 0. The Morgan fingerprint density at radius 2 is 1.86 bits per heavy atom. The molecule has 0 atom stereocenters. The number of primary amides is 1. The number of anilines is 1. The fraction of sp³-hybridized carbons (Fsp3) is 0.125. The second kappa shape index (κ2) is 3.67. The largest absolute Gasteiger partial charge is 0.398 e. The minimum Gasteiger partial charge on any atom is -0.398 e. The van der Waals surface area contributed by atoms with Gasteiger partial charge in [0.15, 0.2) is 9.84 Å². The van der Waals surface area contributed by atoms with Crippen LogP contribution in [0, 0.1) is 0 Å². The predicted octanol–water partition coefficient (Wildman–Crippen LogP) is -0.472. The Bertz CT molecular complexity index is 453. The Kier molecular flexibility index (Phi) is 2.76. The van der Waals surface area contributed by atoms with Crippen molar-refractivity contribution in [2.75, 3.05) is 11.5 Å². The zero-order valence-corrected chi connectivity index (χ0v) is 8.12. The maximum absolute atomic E-state index is 11.5. The van der Waals surface area contributed by atoms with E-state index in [1.54, 1.807) is 6.07 Å². The average Bonchev–Trinajstić information content (AvgIpc) is 2.02. The van der Waals surface area contributed by atoms with Crippen LogP contribution in [0.3, 0.4) is 0 Å². The molecule has 0 aliphatic rings. The zero-order valence-electron chi connectivity index (χ0n) is 7.30. The Morgan fingerprint density at radius 1 is 1.29 bits per heavy atom. The molecule has 0 radical (unpaired) electrons. The summed E-state index contributed by atoms with van der Waals surface area (Å²) >= 11 is 0. The van der Waals surface area contributed by atoms with Crippen molar-refractivity contribution in [3.8, 4) is 0 Å². The Morgan fingerprint density at radius 3 is 2.36 bits per heavy atom. The average molecular weight is 214 g/mol. The normalized spacial score (nSPS) is 11.1.